The molecule has 0 aliphatic carbocycles. The number of rotatable bonds is 5. The number of likely N-dealkylation sites (N-methyl/N-ethyl adjacent to an activating group) is 1. The number of aliphatic hydroxyl groups is 1. The highest BCUT2D eigenvalue weighted by Crippen LogP contribution is 2.25. The van der Waals surface area contributed by atoms with E-state index >= 15 is 0 Å². The van der Waals surface area contributed by atoms with Crippen molar-refractivity contribution in [3.05, 3.63) is 18.2 Å². The lowest BCUT2D eigenvalue weighted by molar-refractivity contribution is 0.0640. The number of nitrogens with zero attached hydrogens (tertiary/aromatic N) is 1. The fourth-order valence-corrected chi connectivity index (χ4v) is 3.95. The first kappa shape index (κ1) is 17.9. The van der Waals surface area contributed by atoms with Crippen LogP contribution < -0.4 is 5.73 Å². The number of nitrogen functional groups attached to an aromatic ring is 1. The Morgan fingerprint density at radius 3 is 2.19 bits per heavy atom. The van der Waals surface area contributed by atoms with Gasteiger partial charge in [-0.3, -0.25) is 0 Å². The minimum absolute atomic E-state index is 0.0509. The number of sulfone groups is 1. The van der Waals surface area contributed by atoms with Gasteiger partial charge in [0.25, 0.3) is 0 Å². The third kappa shape index (κ3) is 4.40. The third-order valence-electron chi connectivity index (χ3n) is 2.71. The molecule has 1 rings (SSSR count). The average Bonchev–Trinajstić information content (AvgIpc) is 2.25. The largest absolute Gasteiger partial charge is 0.398 e. The maximum Gasteiger partial charge on any atom is 0.245 e. The highest BCUT2D eigenvalue weighted by Gasteiger charge is 2.28. The van der Waals surface area contributed by atoms with Gasteiger partial charge >= 0.3 is 0 Å². The SMILES string of the molecule is CN(CC(C)(C)O)S(=O)(=O)c1cc(S(C)(=O)=O)ccc1N. The summed E-state index contributed by atoms with van der Waals surface area (Å²) in [6.07, 6.45) is 0.982. The molecule has 3 N–H and O–H groups in total. The zero-order valence-corrected chi connectivity index (χ0v) is 14.0. The Morgan fingerprint density at radius 1 is 1.24 bits per heavy atom. The van der Waals surface area contributed by atoms with E-state index in [9.17, 15) is 21.9 Å². The maximum atomic E-state index is 12.4. The van der Waals surface area contributed by atoms with Crippen LogP contribution in [0.1, 0.15) is 13.8 Å². The highest BCUT2D eigenvalue weighted by atomic mass is 32.2. The highest BCUT2D eigenvalue weighted by molar-refractivity contribution is 7.91. The second-order valence-corrected chi connectivity index (χ2v) is 9.57. The van der Waals surface area contributed by atoms with E-state index < -0.39 is 25.5 Å². The molecule has 0 radical (unpaired) electrons. The van der Waals surface area contributed by atoms with Crippen molar-refractivity contribution in [2.24, 2.45) is 0 Å². The third-order valence-corrected chi connectivity index (χ3v) is 5.68. The molecule has 0 aliphatic heterocycles. The molecule has 7 nitrogen and oxygen atoms in total. The maximum absolute atomic E-state index is 12.4. The normalized spacial score (nSPS) is 13.6. The molecule has 1 aromatic rings. The van der Waals surface area contributed by atoms with Crippen LogP contribution in [0.3, 0.4) is 0 Å². The van der Waals surface area contributed by atoms with Crippen molar-refractivity contribution >= 4 is 25.5 Å². The number of hydrogen-bond acceptors (Lipinski definition) is 6. The molecule has 0 saturated heterocycles. The van der Waals surface area contributed by atoms with Crippen LogP contribution in [0.25, 0.3) is 0 Å². The van der Waals surface area contributed by atoms with Gasteiger partial charge in [0.1, 0.15) is 4.90 Å². The van der Waals surface area contributed by atoms with Crippen molar-refractivity contribution < 1.29 is 21.9 Å². The Hall–Kier alpha value is -1.16. The van der Waals surface area contributed by atoms with Crippen molar-refractivity contribution in [2.45, 2.75) is 29.2 Å². The van der Waals surface area contributed by atoms with Crippen molar-refractivity contribution in [3.63, 3.8) is 0 Å². The fraction of sp³-hybridized carbons (Fsp3) is 0.500. The van der Waals surface area contributed by atoms with Gasteiger partial charge in [0, 0.05) is 19.8 Å². The summed E-state index contributed by atoms with van der Waals surface area (Å²) in [5.74, 6) is 0. The number of sulfonamides is 1. The summed E-state index contributed by atoms with van der Waals surface area (Å²) in [5, 5.41) is 9.72. The van der Waals surface area contributed by atoms with Gasteiger partial charge in [0.05, 0.1) is 16.2 Å². The molecule has 1 aromatic carbocycles. The first-order valence-electron chi connectivity index (χ1n) is 6.03. The van der Waals surface area contributed by atoms with Gasteiger partial charge in [-0.1, -0.05) is 0 Å². The first-order valence-corrected chi connectivity index (χ1v) is 9.36. The Morgan fingerprint density at radius 2 is 1.76 bits per heavy atom. The van der Waals surface area contributed by atoms with Crippen molar-refractivity contribution in [1.82, 2.24) is 4.31 Å². The standard InChI is InChI=1S/C12H20N2O5S2/c1-12(2,15)8-14(3)21(18,19)11-7-9(20(4,16)17)5-6-10(11)13/h5-7,15H,8,13H2,1-4H3. The molecule has 0 amide bonds. The molecule has 0 atom stereocenters. The van der Waals surface area contributed by atoms with E-state index in [1.54, 1.807) is 0 Å². The zero-order valence-electron chi connectivity index (χ0n) is 12.4. The molecule has 0 aliphatic rings. The van der Waals surface area contributed by atoms with E-state index in [0.717, 1.165) is 16.6 Å². The fourth-order valence-electron chi connectivity index (χ4n) is 1.77. The van der Waals surface area contributed by atoms with Gasteiger partial charge in [0.2, 0.25) is 10.0 Å². The number of benzene rings is 1. The second-order valence-electron chi connectivity index (χ2n) is 5.55. The molecule has 21 heavy (non-hydrogen) atoms. The molecule has 9 heteroatoms. The molecule has 0 aromatic heterocycles. The molecule has 0 saturated carbocycles. The molecule has 120 valence electrons. The van der Waals surface area contributed by atoms with Crippen molar-refractivity contribution in [1.29, 1.82) is 0 Å². The lowest BCUT2D eigenvalue weighted by Gasteiger charge is -2.25. The second kappa shape index (κ2) is 5.56. The summed E-state index contributed by atoms with van der Waals surface area (Å²) < 4.78 is 48.9. The van der Waals surface area contributed by atoms with Crippen LogP contribution in [0.5, 0.6) is 0 Å². The topological polar surface area (TPSA) is 118 Å². The van der Waals surface area contributed by atoms with Gasteiger partial charge in [-0.05, 0) is 32.0 Å². The van der Waals surface area contributed by atoms with Crippen LogP contribution in [0, 0.1) is 0 Å². The number of hydrogen-bond donors (Lipinski definition) is 2. The Labute approximate surface area is 125 Å². The van der Waals surface area contributed by atoms with E-state index in [0.29, 0.717) is 0 Å². The summed E-state index contributed by atoms with van der Waals surface area (Å²) in [7, 11) is -6.26. The van der Waals surface area contributed by atoms with Crippen LogP contribution in [-0.2, 0) is 19.9 Å². The van der Waals surface area contributed by atoms with Crippen LogP contribution >= 0.6 is 0 Å². The lowest BCUT2D eigenvalue weighted by Crippen LogP contribution is -2.39. The van der Waals surface area contributed by atoms with Gasteiger partial charge in [-0.15, -0.1) is 0 Å². The van der Waals surface area contributed by atoms with Gasteiger partial charge in [0.15, 0.2) is 9.84 Å². The lowest BCUT2D eigenvalue weighted by atomic mass is 10.1. The van der Waals surface area contributed by atoms with Gasteiger partial charge in [-0.2, -0.15) is 4.31 Å². The average molecular weight is 336 g/mol. The Bertz CT molecular complexity index is 733. The van der Waals surface area contributed by atoms with Crippen molar-refractivity contribution in [2.75, 3.05) is 25.6 Å². The van der Waals surface area contributed by atoms with Crippen LogP contribution in [0.2, 0.25) is 0 Å². The summed E-state index contributed by atoms with van der Waals surface area (Å²) >= 11 is 0. The van der Waals surface area contributed by atoms with Gasteiger partial charge < -0.3 is 10.8 Å². The molecule has 0 fully saturated rings. The monoisotopic (exact) mass is 336 g/mol. The minimum atomic E-state index is -4.00. The van der Waals surface area contributed by atoms with E-state index in [-0.39, 0.29) is 22.0 Å². The minimum Gasteiger partial charge on any atom is -0.398 e. The number of nitrogens with two attached hydrogens (primary N) is 1. The molecule has 0 unspecified atom stereocenters. The zero-order chi connectivity index (χ0) is 16.6. The molecule has 0 bridgehead atoms. The van der Waals surface area contributed by atoms with Gasteiger partial charge in [-0.25, -0.2) is 16.8 Å². The summed E-state index contributed by atoms with van der Waals surface area (Å²) in [6.45, 7) is 2.78. The molecule has 0 spiro atoms. The molecular formula is C12H20N2O5S2. The predicted molar refractivity (Wildman–Crippen MR) is 80.1 cm³/mol. The van der Waals surface area contributed by atoms with Crippen molar-refractivity contribution in [3.8, 4) is 0 Å². The van der Waals surface area contributed by atoms with Crippen LogP contribution in [-0.4, -0.2) is 51.7 Å². The van der Waals surface area contributed by atoms with E-state index in [1.807, 2.05) is 0 Å². The summed E-state index contributed by atoms with van der Waals surface area (Å²) in [5.41, 5.74) is 4.38. The molecule has 0 heterocycles. The van der Waals surface area contributed by atoms with Crippen LogP contribution in [0.4, 0.5) is 5.69 Å². The number of anilines is 1. The van der Waals surface area contributed by atoms with E-state index in [2.05, 4.69) is 0 Å². The molecular weight excluding hydrogens is 316 g/mol. The summed E-state index contributed by atoms with van der Waals surface area (Å²) in [4.78, 5) is -0.427. The smallest absolute Gasteiger partial charge is 0.245 e. The summed E-state index contributed by atoms with van der Waals surface area (Å²) in [6, 6.07) is 3.52. The Kier molecular flexibility index (Phi) is 4.74. The van der Waals surface area contributed by atoms with E-state index in [4.69, 9.17) is 5.73 Å². The quantitative estimate of drug-likeness (QED) is 0.734. The van der Waals surface area contributed by atoms with Crippen LogP contribution in [0.15, 0.2) is 28.0 Å². The predicted octanol–water partition coefficient (Wildman–Crippen LogP) is 0.0637. The van der Waals surface area contributed by atoms with E-state index in [1.165, 1.54) is 33.0 Å². The Balaban J connectivity index is 3.38. The first-order chi connectivity index (χ1) is 9.25.